The quantitative estimate of drug-likeness (QED) is 0.926. The number of rotatable bonds is 4. The first-order valence-electron chi connectivity index (χ1n) is 6.78. The smallest absolute Gasteiger partial charge is 0.106 e. The van der Waals surface area contributed by atoms with Crippen molar-refractivity contribution < 1.29 is 4.42 Å². The molecule has 1 N–H and O–H groups in total. The summed E-state index contributed by atoms with van der Waals surface area (Å²) in [5.41, 5.74) is 4.71. The molecule has 0 spiro atoms. The minimum Gasteiger partial charge on any atom is -0.466 e. The van der Waals surface area contributed by atoms with Crippen LogP contribution in [0.15, 0.2) is 8.89 Å². The lowest BCUT2D eigenvalue weighted by atomic mass is 9.98. The molecule has 20 heavy (non-hydrogen) atoms. The second kappa shape index (κ2) is 5.74. The van der Waals surface area contributed by atoms with E-state index in [1.54, 1.807) is 0 Å². The summed E-state index contributed by atoms with van der Waals surface area (Å²) in [5, 5.41) is 7.86. The van der Waals surface area contributed by atoms with Crippen molar-refractivity contribution >= 4 is 15.9 Å². The molecule has 0 radical (unpaired) electrons. The van der Waals surface area contributed by atoms with Crippen LogP contribution >= 0.6 is 15.9 Å². The van der Waals surface area contributed by atoms with E-state index in [1.807, 2.05) is 39.5 Å². The molecule has 0 amide bonds. The van der Waals surface area contributed by atoms with Gasteiger partial charge in [-0.2, -0.15) is 5.10 Å². The largest absolute Gasteiger partial charge is 0.466 e. The SMILES string of the molecule is CNC(Cc1c(Br)c(C)nn1C)c1c(C)oc(C)c1C. The Kier molecular flexibility index (Phi) is 4.39. The predicted octanol–water partition coefficient (Wildman–Crippen LogP) is 3.51. The van der Waals surface area contributed by atoms with Crippen molar-refractivity contribution in [2.45, 2.75) is 40.2 Å². The Morgan fingerprint density at radius 2 is 1.90 bits per heavy atom. The Morgan fingerprint density at radius 3 is 2.30 bits per heavy atom. The van der Waals surface area contributed by atoms with Crippen LogP contribution in [0.4, 0.5) is 0 Å². The molecule has 2 rings (SSSR count). The zero-order valence-corrected chi connectivity index (χ0v) is 14.6. The molecule has 0 fully saturated rings. The van der Waals surface area contributed by atoms with Gasteiger partial charge < -0.3 is 9.73 Å². The van der Waals surface area contributed by atoms with Gasteiger partial charge in [0.05, 0.1) is 15.9 Å². The fraction of sp³-hybridized carbons (Fsp3) is 0.533. The molecular formula is C15H22BrN3O. The van der Waals surface area contributed by atoms with E-state index in [0.717, 1.165) is 28.1 Å². The number of halogens is 1. The summed E-state index contributed by atoms with van der Waals surface area (Å²) in [5.74, 6) is 1.99. The van der Waals surface area contributed by atoms with Crippen molar-refractivity contribution in [3.05, 3.63) is 38.5 Å². The molecule has 0 aliphatic carbocycles. The summed E-state index contributed by atoms with van der Waals surface area (Å²) in [6, 6.07) is 0.221. The number of furan rings is 1. The third-order valence-electron chi connectivity index (χ3n) is 3.97. The Bertz CT molecular complexity index is 628. The molecule has 0 aliphatic heterocycles. The first-order chi connectivity index (χ1) is 9.36. The maximum atomic E-state index is 5.76. The number of likely N-dealkylation sites (N-methyl/N-ethyl adjacent to an activating group) is 1. The Morgan fingerprint density at radius 1 is 1.25 bits per heavy atom. The van der Waals surface area contributed by atoms with Crippen LogP contribution in [0, 0.1) is 27.7 Å². The van der Waals surface area contributed by atoms with Gasteiger partial charge in [-0.25, -0.2) is 0 Å². The van der Waals surface area contributed by atoms with Gasteiger partial charge in [0.25, 0.3) is 0 Å². The lowest BCUT2D eigenvalue weighted by molar-refractivity contribution is 0.487. The standard InChI is InChI=1S/C15H22BrN3O/c1-8-10(3)20-11(4)14(8)12(17-5)7-13-15(16)9(2)18-19(13)6/h12,17H,7H2,1-6H3. The summed E-state index contributed by atoms with van der Waals surface area (Å²) >= 11 is 3.64. The molecule has 0 aliphatic rings. The number of nitrogens with one attached hydrogen (secondary N) is 1. The molecule has 0 aromatic carbocycles. The molecule has 2 aromatic rings. The van der Waals surface area contributed by atoms with Crippen LogP contribution in [0.25, 0.3) is 0 Å². The van der Waals surface area contributed by atoms with Gasteiger partial charge in [-0.1, -0.05) is 0 Å². The van der Waals surface area contributed by atoms with Gasteiger partial charge in [-0.3, -0.25) is 4.68 Å². The first-order valence-corrected chi connectivity index (χ1v) is 7.57. The number of aromatic nitrogens is 2. The second-order valence-electron chi connectivity index (χ2n) is 5.27. The predicted molar refractivity (Wildman–Crippen MR) is 84.1 cm³/mol. The molecule has 5 heteroatoms. The van der Waals surface area contributed by atoms with Crippen molar-refractivity contribution in [1.82, 2.24) is 15.1 Å². The summed E-state index contributed by atoms with van der Waals surface area (Å²) < 4.78 is 8.80. The monoisotopic (exact) mass is 339 g/mol. The molecule has 2 heterocycles. The van der Waals surface area contributed by atoms with Crippen molar-refractivity contribution in [3.63, 3.8) is 0 Å². The fourth-order valence-corrected chi connectivity index (χ4v) is 3.26. The molecule has 0 saturated carbocycles. The van der Waals surface area contributed by atoms with E-state index in [2.05, 4.69) is 33.3 Å². The number of hydrogen-bond acceptors (Lipinski definition) is 3. The summed E-state index contributed by atoms with van der Waals surface area (Å²) in [7, 11) is 3.98. The summed E-state index contributed by atoms with van der Waals surface area (Å²) in [6.07, 6.45) is 0.870. The van der Waals surface area contributed by atoms with Crippen molar-refractivity contribution in [1.29, 1.82) is 0 Å². The maximum absolute atomic E-state index is 5.76. The van der Waals surface area contributed by atoms with Crippen LogP contribution in [0.3, 0.4) is 0 Å². The molecular weight excluding hydrogens is 318 g/mol. The highest BCUT2D eigenvalue weighted by Gasteiger charge is 2.23. The van der Waals surface area contributed by atoms with Crippen LogP contribution in [-0.2, 0) is 13.5 Å². The van der Waals surface area contributed by atoms with E-state index in [0.29, 0.717) is 0 Å². The van der Waals surface area contributed by atoms with E-state index >= 15 is 0 Å². The minimum absolute atomic E-state index is 0.221. The van der Waals surface area contributed by atoms with Gasteiger partial charge in [-0.05, 0) is 56.2 Å². The third kappa shape index (κ3) is 2.56. The van der Waals surface area contributed by atoms with Crippen LogP contribution in [0.2, 0.25) is 0 Å². The molecule has 1 atom stereocenters. The zero-order chi connectivity index (χ0) is 15.0. The maximum Gasteiger partial charge on any atom is 0.106 e. The molecule has 110 valence electrons. The van der Waals surface area contributed by atoms with Crippen LogP contribution in [0.5, 0.6) is 0 Å². The highest BCUT2D eigenvalue weighted by Crippen LogP contribution is 2.31. The fourth-order valence-electron chi connectivity index (χ4n) is 2.77. The van der Waals surface area contributed by atoms with E-state index < -0.39 is 0 Å². The topological polar surface area (TPSA) is 43.0 Å². The molecule has 0 bridgehead atoms. The summed E-state index contributed by atoms with van der Waals surface area (Å²) in [6.45, 7) is 8.18. The molecule has 1 unspecified atom stereocenters. The van der Waals surface area contributed by atoms with Gasteiger partial charge in [0, 0.05) is 25.1 Å². The highest BCUT2D eigenvalue weighted by atomic mass is 79.9. The Labute approximate surface area is 128 Å². The summed E-state index contributed by atoms with van der Waals surface area (Å²) in [4.78, 5) is 0. The Hall–Kier alpha value is -1.07. The molecule has 2 aromatic heterocycles. The van der Waals surface area contributed by atoms with Crippen LogP contribution in [0.1, 0.15) is 40.1 Å². The van der Waals surface area contributed by atoms with Gasteiger partial charge in [0.15, 0.2) is 0 Å². The molecule has 4 nitrogen and oxygen atoms in total. The zero-order valence-electron chi connectivity index (χ0n) is 13.0. The van der Waals surface area contributed by atoms with Crippen LogP contribution < -0.4 is 5.32 Å². The van der Waals surface area contributed by atoms with Crippen molar-refractivity contribution in [2.24, 2.45) is 7.05 Å². The van der Waals surface area contributed by atoms with Gasteiger partial charge in [0.2, 0.25) is 0 Å². The van der Waals surface area contributed by atoms with Crippen molar-refractivity contribution in [3.8, 4) is 0 Å². The highest BCUT2D eigenvalue weighted by molar-refractivity contribution is 9.10. The van der Waals surface area contributed by atoms with Crippen molar-refractivity contribution in [2.75, 3.05) is 7.05 Å². The lowest BCUT2D eigenvalue weighted by Gasteiger charge is -2.17. The average Bonchev–Trinajstić information content (AvgIpc) is 2.77. The first kappa shape index (κ1) is 15.3. The van der Waals surface area contributed by atoms with Gasteiger partial charge in [0.1, 0.15) is 11.5 Å². The number of aryl methyl sites for hydroxylation is 4. The normalized spacial score (nSPS) is 12.9. The Balaban J connectivity index is 2.39. The average molecular weight is 340 g/mol. The van der Waals surface area contributed by atoms with E-state index in [9.17, 15) is 0 Å². The number of nitrogens with zero attached hydrogens (tertiary/aromatic N) is 2. The van der Waals surface area contributed by atoms with E-state index in [-0.39, 0.29) is 6.04 Å². The van der Waals surface area contributed by atoms with Crippen LogP contribution in [-0.4, -0.2) is 16.8 Å². The molecule has 0 saturated heterocycles. The van der Waals surface area contributed by atoms with E-state index in [4.69, 9.17) is 4.42 Å². The third-order valence-corrected chi connectivity index (χ3v) is 5.01. The van der Waals surface area contributed by atoms with Gasteiger partial charge >= 0.3 is 0 Å². The number of hydrogen-bond donors (Lipinski definition) is 1. The second-order valence-corrected chi connectivity index (χ2v) is 6.06. The van der Waals surface area contributed by atoms with E-state index in [1.165, 1.54) is 16.8 Å². The van der Waals surface area contributed by atoms with Gasteiger partial charge in [-0.15, -0.1) is 0 Å². The lowest BCUT2D eigenvalue weighted by Crippen LogP contribution is -2.21. The minimum atomic E-state index is 0.221.